The average molecular weight is 434 g/mol. The highest BCUT2D eigenvalue weighted by molar-refractivity contribution is 6.33. The van der Waals surface area contributed by atoms with Gasteiger partial charge in [0.15, 0.2) is 0 Å². The second kappa shape index (κ2) is 8.43. The van der Waals surface area contributed by atoms with Crippen molar-refractivity contribution in [2.45, 2.75) is 39.5 Å². The molecule has 1 aliphatic heterocycles. The Morgan fingerprint density at radius 2 is 1.84 bits per heavy atom. The topological polar surface area (TPSA) is 46.1 Å². The van der Waals surface area contributed by atoms with Gasteiger partial charge in [-0.05, 0) is 48.2 Å². The third-order valence-corrected chi connectivity index (χ3v) is 6.15. The third-order valence-electron chi connectivity index (χ3n) is 5.84. The lowest BCUT2D eigenvalue weighted by atomic mass is 9.90. The maximum absolute atomic E-state index is 12.8. The molecule has 31 heavy (non-hydrogen) atoms. The predicted molar refractivity (Wildman–Crippen MR) is 126 cm³/mol. The second-order valence-corrected chi connectivity index (χ2v) is 9.89. The van der Waals surface area contributed by atoms with E-state index in [1.807, 2.05) is 35.5 Å². The van der Waals surface area contributed by atoms with Crippen LogP contribution in [0.15, 0.2) is 55.0 Å². The molecule has 0 unspecified atom stereocenters. The van der Waals surface area contributed by atoms with E-state index >= 15 is 0 Å². The highest BCUT2D eigenvalue weighted by Gasteiger charge is 2.24. The van der Waals surface area contributed by atoms with Gasteiger partial charge in [-0.15, -0.1) is 0 Å². The van der Waals surface area contributed by atoms with E-state index in [1.54, 1.807) is 12.3 Å². The van der Waals surface area contributed by atoms with Gasteiger partial charge >= 0.3 is 0 Å². The van der Waals surface area contributed by atoms with Crippen molar-refractivity contribution in [2.24, 2.45) is 5.92 Å². The zero-order valence-electron chi connectivity index (χ0n) is 18.5. The van der Waals surface area contributed by atoms with Crippen LogP contribution in [0.4, 0.5) is 0 Å². The number of hydrogen-bond acceptors (Lipinski definition) is 3. The number of rotatable bonds is 3. The molecule has 0 N–H and O–H groups in total. The predicted octanol–water partition coefficient (Wildman–Crippen LogP) is 6.24. The number of carbonyl (C=O) groups excluding carboxylic acids is 1. The molecule has 1 amide bonds. The van der Waals surface area contributed by atoms with E-state index < -0.39 is 0 Å². The molecular formula is C26H28ClN3O. The summed E-state index contributed by atoms with van der Waals surface area (Å²) in [5, 5.41) is 0.558. The Balaban J connectivity index is 1.63. The summed E-state index contributed by atoms with van der Waals surface area (Å²) in [5.41, 5.74) is 5.51. The van der Waals surface area contributed by atoms with Gasteiger partial charge in [0.05, 0.1) is 0 Å². The van der Waals surface area contributed by atoms with Crippen LogP contribution in [0.3, 0.4) is 0 Å². The lowest BCUT2D eigenvalue weighted by Crippen LogP contribution is -2.28. The van der Waals surface area contributed by atoms with Crippen molar-refractivity contribution in [2.75, 3.05) is 13.1 Å². The van der Waals surface area contributed by atoms with Crippen LogP contribution in [0.2, 0.25) is 5.02 Å². The minimum absolute atomic E-state index is 0.0279. The molecule has 4 rings (SSSR count). The fourth-order valence-electron chi connectivity index (χ4n) is 3.95. The standard InChI is InChI=1S/C26H28ClN3O/c1-17-8-10-30(16-17)25(31)19-5-6-22(23(27)12-19)21-11-20(14-28-15-21)18-7-9-29-24(13-18)26(2,3)4/h5-7,9,11-15,17H,8,10,16H2,1-4H3/t17-/m0/s1. The van der Waals surface area contributed by atoms with E-state index in [0.717, 1.165) is 47.5 Å². The summed E-state index contributed by atoms with van der Waals surface area (Å²) in [4.78, 5) is 23.7. The number of amides is 1. The number of aromatic nitrogens is 2. The highest BCUT2D eigenvalue weighted by Crippen LogP contribution is 2.32. The summed E-state index contributed by atoms with van der Waals surface area (Å²) >= 11 is 6.62. The zero-order chi connectivity index (χ0) is 22.2. The number of carbonyl (C=O) groups is 1. The minimum atomic E-state index is -0.0279. The lowest BCUT2D eigenvalue weighted by Gasteiger charge is -2.18. The van der Waals surface area contributed by atoms with Crippen LogP contribution >= 0.6 is 11.6 Å². The summed E-state index contributed by atoms with van der Waals surface area (Å²) in [7, 11) is 0. The number of hydrogen-bond donors (Lipinski definition) is 0. The van der Waals surface area contributed by atoms with E-state index in [2.05, 4.69) is 49.8 Å². The van der Waals surface area contributed by atoms with Crippen molar-refractivity contribution in [1.29, 1.82) is 0 Å². The molecule has 3 heterocycles. The Morgan fingerprint density at radius 3 is 2.52 bits per heavy atom. The van der Waals surface area contributed by atoms with Crippen molar-refractivity contribution in [3.8, 4) is 22.3 Å². The quantitative estimate of drug-likeness (QED) is 0.490. The summed E-state index contributed by atoms with van der Waals surface area (Å²) < 4.78 is 0. The molecule has 1 aromatic carbocycles. The first-order chi connectivity index (χ1) is 14.7. The van der Waals surface area contributed by atoms with Gasteiger partial charge in [0.2, 0.25) is 0 Å². The molecule has 1 fully saturated rings. The van der Waals surface area contributed by atoms with E-state index in [-0.39, 0.29) is 11.3 Å². The van der Waals surface area contributed by atoms with Crippen molar-refractivity contribution in [1.82, 2.24) is 14.9 Å². The van der Waals surface area contributed by atoms with Gasteiger partial charge in [0.25, 0.3) is 5.91 Å². The van der Waals surface area contributed by atoms with Gasteiger partial charge in [0, 0.05) is 70.1 Å². The number of pyridine rings is 2. The van der Waals surface area contributed by atoms with Crippen molar-refractivity contribution < 1.29 is 4.79 Å². The van der Waals surface area contributed by atoms with Gasteiger partial charge in [-0.1, -0.05) is 45.4 Å². The third kappa shape index (κ3) is 4.64. The van der Waals surface area contributed by atoms with E-state index in [1.165, 1.54) is 0 Å². The molecule has 0 saturated carbocycles. The average Bonchev–Trinajstić information content (AvgIpc) is 3.19. The first-order valence-electron chi connectivity index (χ1n) is 10.7. The van der Waals surface area contributed by atoms with Crippen molar-refractivity contribution in [3.63, 3.8) is 0 Å². The smallest absolute Gasteiger partial charge is 0.253 e. The molecule has 0 spiro atoms. The number of halogens is 1. The molecule has 0 aliphatic carbocycles. The largest absolute Gasteiger partial charge is 0.338 e. The maximum Gasteiger partial charge on any atom is 0.253 e. The Labute approximate surface area is 189 Å². The fraction of sp³-hybridized carbons (Fsp3) is 0.346. The first kappa shape index (κ1) is 21.5. The van der Waals surface area contributed by atoms with Gasteiger partial charge in [-0.25, -0.2) is 0 Å². The maximum atomic E-state index is 12.8. The van der Waals surface area contributed by atoms with Crippen molar-refractivity contribution in [3.05, 3.63) is 71.3 Å². The van der Waals surface area contributed by atoms with E-state index in [0.29, 0.717) is 16.5 Å². The van der Waals surface area contributed by atoms with E-state index in [9.17, 15) is 4.79 Å². The molecule has 1 saturated heterocycles. The summed E-state index contributed by atoms with van der Waals surface area (Å²) in [5.74, 6) is 0.607. The molecular weight excluding hydrogens is 406 g/mol. The Hall–Kier alpha value is -2.72. The van der Waals surface area contributed by atoms with Gasteiger partial charge in [0.1, 0.15) is 0 Å². The molecule has 4 nitrogen and oxygen atoms in total. The zero-order valence-corrected chi connectivity index (χ0v) is 19.3. The van der Waals surface area contributed by atoms with Crippen molar-refractivity contribution >= 4 is 17.5 Å². The lowest BCUT2D eigenvalue weighted by molar-refractivity contribution is 0.0788. The summed E-state index contributed by atoms with van der Waals surface area (Å²) in [6.07, 6.45) is 6.56. The fourth-order valence-corrected chi connectivity index (χ4v) is 4.24. The van der Waals surface area contributed by atoms with Crippen LogP contribution in [0, 0.1) is 5.92 Å². The number of benzene rings is 1. The molecule has 5 heteroatoms. The van der Waals surface area contributed by atoms with Crippen LogP contribution in [0.5, 0.6) is 0 Å². The van der Waals surface area contributed by atoms with Crippen LogP contribution in [0.1, 0.15) is 50.2 Å². The van der Waals surface area contributed by atoms with Crippen LogP contribution in [-0.2, 0) is 5.41 Å². The van der Waals surface area contributed by atoms with Crippen LogP contribution in [-0.4, -0.2) is 33.9 Å². The molecule has 0 bridgehead atoms. The van der Waals surface area contributed by atoms with Gasteiger partial charge in [-0.2, -0.15) is 0 Å². The number of likely N-dealkylation sites (tertiary alicyclic amines) is 1. The van der Waals surface area contributed by atoms with Gasteiger partial charge < -0.3 is 4.90 Å². The summed E-state index contributed by atoms with van der Waals surface area (Å²) in [6, 6.07) is 11.8. The minimum Gasteiger partial charge on any atom is -0.338 e. The highest BCUT2D eigenvalue weighted by atomic mass is 35.5. The van der Waals surface area contributed by atoms with Crippen LogP contribution in [0.25, 0.3) is 22.3 Å². The van der Waals surface area contributed by atoms with E-state index in [4.69, 9.17) is 11.6 Å². The van der Waals surface area contributed by atoms with Gasteiger partial charge in [-0.3, -0.25) is 14.8 Å². The SMILES string of the molecule is C[C@H]1CCN(C(=O)c2ccc(-c3cncc(-c4ccnc(C(C)(C)C)c4)c3)c(Cl)c2)C1. The first-order valence-corrected chi connectivity index (χ1v) is 11.1. The second-order valence-electron chi connectivity index (χ2n) is 9.48. The number of nitrogens with zero attached hydrogens (tertiary/aromatic N) is 3. The Morgan fingerprint density at radius 1 is 1.06 bits per heavy atom. The molecule has 2 aromatic heterocycles. The molecule has 160 valence electrons. The molecule has 1 atom stereocenters. The monoisotopic (exact) mass is 433 g/mol. The summed E-state index contributed by atoms with van der Waals surface area (Å²) in [6.45, 7) is 10.3. The molecule has 3 aromatic rings. The molecule has 1 aliphatic rings. The van der Waals surface area contributed by atoms with Crippen LogP contribution < -0.4 is 0 Å². The Bertz CT molecular complexity index is 1120. The molecule has 0 radical (unpaired) electrons. The normalized spacial score (nSPS) is 16.5. The Kier molecular flexibility index (Phi) is 5.85.